The van der Waals surface area contributed by atoms with E-state index >= 15 is 0 Å². The molecule has 43 heavy (non-hydrogen) atoms. The van der Waals surface area contributed by atoms with Crippen LogP contribution in [0, 0.1) is 25.2 Å². The van der Waals surface area contributed by atoms with Gasteiger partial charge in [-0.1, -0.05) is 60.2 Å². The zero-order valence-corrected chi connectivity index (χ0v) is 28.4. The third-order valence-corrected chi connectivity index (χ3v) is 8.32. The van der Waals surface area contributed by atoms with Crippen molar-refractivity contribution in [3.63, 3.8) is 0 Å². The summed E-state index contributed by atoms with van der Waals surface area (Å²) in [7, 11) is -0.462. The summed E-state index contributed by atoms with van der Waals surface area (Å²) in [5.41, 5.74) is 16.4. The smallest absolute Gasteiger partial charge is 0.399 e. The maximum atomic E-state index is 9.08. The van der Waals surface area contributed by atoms with Crippen LogP contribution in [0.2, 0.25) is 0 Å². The van der Waals surface area contributed by atoms with Gasteiger partial charge in [-0.3, -0.25) is 0 Å². The fraction of sp³-hybridized carbons (Fsp3) is 0.235. The summed E-state index contributed by atoms with van der Waals surface area (Å²) in [4.78, 5) is 4.42. The molecule has 0 atom stereocenters. The molecule has 0 unspecified atom stereocenters. The van der Waals surface area contributed by atoms with Crippen molar-refractivity contribution in [1.82, 2.24) is 4.98 Å². The van der Waals surface area contributed by atoms with Crippen LogP contribution in [0.15, 0.2) is 89.4 Å². The molecule has 1 aromatic heterocycles. The third kappa shape index (κ3) is 7.84. The first-order valence-corrected chi connectivity index (χ1v) is 14.5. The quantitative estimate of drug-likeness (QED) is 0.105. The van der Waals surface area contributed by atoms with Gasteiger partial charge in [0.05, 0.1) is 28.4 Å². The molecule has 9 heteroatoms. The number of benzene rings is 4. The molecule has 0 aliphatic carbocycles. The van der Waals surface area contributed by atoms with Crippen LogP contribution in [-0.4, -0.2) is 23.3 Å². The van der Waals surface area contributed by atoms with Crippen molar-refractivity contribution in [2.24, 2.45) is 0 Å². The van der Waals surface area contributed by atoms with Crippen LogP contribution in [0.3, 0.4) is 0 Å². The maximum Gasteiger partial charge on any atom is 0.496 e. The van der Waals surface area contributed by atoms with Crippen LogP contribution in [0.5, 0.6) is 0 Å². The van der Waals surface area contributed by atoms with Gasteiger partial charge in [0.2, 0.25) is 0 Å². The molecule has 1 fully saturated rings. The maximum absolute atomic E-state index is 9.08. The molecule has 6 rings (SSSR count). The number of hydrogen-bond acceptors (Lipinski definition) is 6. The summed E-state index contributed by atoms with van der Waals surface area (Å²) in [5, 5.41) is 12.5. The van der Waals surface area contributed by atoms with Gasteiger partial charge in [0, 0.05) is 46.8 Å². The molecule has 0 amide bonds. The standard InChI is InChI=1S/C14H12N2.C13H16BNO2.C7H8BrN.Pd/c1-9-6-7-13-12(8-9)10-4-2-3-5-11(10)14(15)16-13;1-12(2)13(3,4)17-14(16-12)11-8-6-5-7-10(11)9-15;1-5-2-3-7(9)6(8)4-5;/h2-8H,1H3,(H2,15,16);5-8H,1-4H3;2-4H,9H2,1H3;. The minimum Gasteiger partial charge on any atom is -0.399 e. The molecule has 0 bridgehead atoms. The molecule has 0 saturated carbocycles. The summed E-state index contributed by atoms with van der Waals surface area (Å²) in [6, 6.07) is 29.8. The predicted octanol–water partition coefficient (Wildman–Crippen LogP) is 7.47. The fourth-order valence-electron chi connectivity index (χ4n) is 4.50. The molecule has 0 spiro atoms. The minimum atomic E-state index is -0.462. The molecule has 1 saturated heterocycles. The van der Waals surface area contributed by atoms with E-state index in [-0.39, 0.29) is 31.6 Å². The number of anilines is 2. The van der Waals surface area contributed by atoms with Crippen LogP contribution in [-0.2, 0) is 29.7 Å². The van der Waals surface area contributed by atoms with Gasteiger partial charge in [-0.25, -0.2) is 4.98 Å². The van der Waals surface area contributed by atoms with Crippen molar-refractivity contribution in [3.8, 4) is 6.07 Å². The Labute approximate surface area is 276 Å². The first-order chi connectivity index (χ1) is 19.8. The van der Waals surface area contributed by atoms with Crippen LogP contribution in [0.4, 0.5) is 11.5 Å². The number of aryl methyl sites for hydroxylation is 2. The van der Waals surface area contributed by atoms with Crippen molar-refractivity contribution in [2.75, 3.05) is 11.5 Å². The Kier molecular flexibility index (Phi) is 11.2. The predicted molar refractivity (Wildman–Crippen MR) is 179 cm³/mol. The second-order valence-corrected chi connectivity index (χ2v) is 12.2. The Morgan fingerprint density at radius 1 is 0.767 bits per heavy atom. The molecule has 1 aliphatic heterocycles. The van der Waals surface area contributed by atoms with E-state index in [1.165, 1.54) is 21.9 Å². The summed E-state index contributed by atoms with van der Waals surface area (Å²) >= 11 is 3.32. The van der Waals surface area contributed by atoms with Gasteiger partial charge >= 0.3 is 7.12 Å². The summed E-state index contributed by atoms with van der Waals surface area (Å²) in [6.45, 7) is 12.1. The van der Waals surface area contributed by atoms with E-state index in [1.54, 1.807) is 6.07 Å². The normalized spacial score (nSPS) is 14.5. The van der Waals surface area contributed by atoms with Gasteiger partial charge in [-0.05, 0) is 98.8 Å². The van der Waals surface area contributed by atoms with Gasteiger partial charge in [0.1, 0.15) is 5.82 Å². The summed E-state index contributed by atoms with van der Waals surface area (Å²) in [6.07, 6.45) is 0. The largest absolute Gasteiger partial charge is 0.496 e. The number of rotatable bonds is 1. The van der Waals surface area contributed by atoms with E-state index in [0.29, 0.717) is 11.4 Å². The Hall–Kier alpha value is -3.23. The molecular formula is C34H36BBrN4O2Pd. The second kappa shape index (κ2) is 14.0. The zero-order valence-electron chi connectivity index (χ0n) is 25.2. The number of pyridine rings is 1. The van der Waals surface area contributed by atoms with Crippen LogP contribution in [0.25, 0.3) is 21.7 Å². The van der Waals surface area contributed by atoms with Crippen LogP contribution in [0.1, 0.15) is 44.4 Å². The molecule has 4 N–H and O–H groups in total. The molecular weight excluding hydrogens is 694 g/mol. The number of hydrogen-bond donors (Lipinski definition) is 2. The number of fused-ring (bicyclic) bond motifs is 3. The molecule has 0 radical (unpaired) electrons. The Bertz CT molecular complexity index is 1770. The van der Waals surface area contributed by atoms with Gasteiger partial charge in [0.25, 0.3) is 0 Å². The van der Waals surface area contributed by atoms with Gasteiger partial charge in [0.15, 0.2) is 0 Å². The topological polar surface area (TPSA) is 107 Å². The van der Waals surface area contributed by atoms with Gasteiger partial charge in [-0.2, -0.15) is 5.26 Å². The van der Waals surface area contributed by atoms with Gasteiger partial charge in [-0.15, -0.1) is 0 Å². The van der Waals surface area contributed by atoms with Crippen LogP contribution < -0.4 is 16.9 Å². The number of nitrogens with zero attached hydrogens (tertiary/aromatic N) is 2. The Balaban J connectivity index is 0.000000183. The van der Waals surface area contributed by atoms with E-state index in [2.05, 4.69) is 52.1 Å². The molecule has 4 aromatic carbocycles. The van der Waals surface area contributed by atoms with E-state index in [0.717, 1.165) is 26.5 Å². The minimum absolute atomic E-state index is 0. The third-order valence-electron chi connectivity index (χ3n) is 7.63. The number of halogens is 1. The molecule has 5 aromatic rings. The number of nitrogens with two attached hydrogens (primary N) is 2. The van der Waals surface area contributed by atoms with Crippen molar-refractivity contribution < 1.29 is 29.7 Å². The van der Waals surface area contributed by atoms with E-state index in [9.17, 15) is 0 Å². The monoisotopic (exact) mass is 728 g/mol. The van der Waals surface area contributed by atoms with Gasteiger partial charge < -0.3 is 20.8 Å². The van der Waals surface area contributed by atoms with E-state index in [1.807, 2.05) is 95.3 Å². The molecule has 1 aliphatic rings. The van der Waals surface area contributed by atoms with E-state index in [4.69, 9.17) is 26.0 Å². The Morgan fingerprint density at radius 3 is 1.93 bits per heavy atom. The summed E-state index contributed by atoms with van der Waals surface area (Å²) in [5.74, 6) is 0.604. The Morgan fingerprint density at radius 2 is 1.33 bits per heavy atom. The first kappa shape index (κ1) is 34.3. The fourth-order valence-corrected chi connectivity index (χ4v) is 4.99. The average molecular weight is 730 g/mol. The molecule has 6 nitrogen and oxygen atoms in total. The number of aromatic nitrogens is 1. The zero-order chi connectivity index (χ0) is 30.7. The average Bonchev–Trinajstić information content (AvgIpc) is 3.18. The molecule has 224 valence electrons. The van der Waals surface area contributed by atoms with E-state index < -0.39 is 7.12 Å². The number of nitriles is 1. The van der Waals surface area contributed by atoms with Crippen molar-refractivity contribution in [1.29, 1.82) is 5.26 Å². The molecule has 2 heterocycles. The second-order valence-electron chi connectivity index (χ2n) is 11.4. The van der Waals surface area contributed by atoms with Crippen LogP contribution >= 0.6 is 15.9 Å². The first-order valence-electron chi connectivity index (χ1n) is 13.7. The van der Waals surface area contributed by atoms with Crippen molar-refractivity contribution in [3.05, 3.63) is 106 Å². The van der Waals surface area contributed by atoms with Crippen molar-refractivity contribution >= 4 is 61.7 Å². The number of nitrogen functional groups attached to an aromatic ring is 2. The van der Waals surface area contributed by atoms with Crippen molar-refractivity contribution in [2.45, 2.75) is 52.7 Å². The summed E-state index contributed by atoms with van der Waals surface area (Å²) < 4.78 is 12.8. The SMILES string of the molecule is CC1(C)OB(c2ccccc2C#N)OC1(C)C.Cc1ccc(N)c(Br)c1.Cc1ccc2nc(N)c3ccccc3c2c1.[Pd].